The average molecular weight is 327 g/mol. The summed E-state index contributed by atoms with van der Waals surface area (Å²) in [6.45, 7) is 3.38. The van der Waals surface area contributed by atoms with E-state index >= 15 is 0 Å². The van der Waals surface area contributed by atoms with Gasteiger partial charge in [-0.2, -0.15) is 0 Å². The Morgan fingerprint density at radius 3 is 2.71 bits per heavy atom. The summed E-state index contributed by atoms with van der Waals surface area (Å²) >= 11 is 0. The van der Waals surface area contributed by atoms with Crippen molar-refractivity contribution in [3.8, 4) is 5.75 Å². The number of amides is 2. The van der Waals surface area contributed by atoms with Crippen LogP contribution in [0, 0.1) is 6.92 Å². The van der Waals surface area contributed by atoms with Crippen molar-refractivity contribution in [1.29, 1.82) is 0 Å². The van der Waals surface area contributed by atoms with Crippen molar-refractivity contribution in [3.63, 3.8) is 0 Å². The Labute approximate surface area is 140 Å². The molecule has 0 bridgehead atoms. The highest BCUT2D eigenvalue weighted by molar-refractivity contribution is 6.00. The number of nitrogens with one attached hydrogen (secondary N) is 1. The maximum Gasteiger partial charge on any atom is 0.253 e. The molecule has 0 saturated carbocycles. The molecule has 0 atom stereocenters. The van der Waals surface area contributed by atoms with Crippen LogP contribution in [-0.2, 0) is 4.79 Å². The van der Waals surface area contributed by atoms with Gasteiger partial charge in [-0.3, -0.25) is 14.6 Å². The summed E-state index contributed by atoms with van der Waals surface area (Å²) in [5.74, 6) is 0.421. The Bertz CT molecular complexity index is 782. The van der Waals surface area contributed by atoms with Crippen LogP contribution in [0.4, 0.5) is 0 Å². The van der Waals surface area contributed by atoms with Gasteiger partial charge in [0.2, 0.25) is 5.91 Å². The molecule has 24 heavy (non-hydrogen) atoms. The van der Waals surface area contributed by atoms with Crippen molar-refractivity contribution in [2.24, 2.45) is 0 Å². The van der Waals surface area contributed by atoms with Gasteiger partial charge >= 0.3 is 0 Å². The third kappa shape index (κ3) is 3.32. The number of likely N-dealkylation sites (tertiary alicyclic amines) is 1. The maximum atomic E-state index is 12.4. The van der Waals surface area contributed by atoms with Gasteiger partial charge in [0, 0.05) is 24.5 Å². The van der Waals surface area contributed by atoms with Gasteiger partial charge in [-0.05, 0) is 38.0 Å². The van der Waals surface area contributed by atoms with E-state index in [-0.39, 0.29) is 18.4 Å². The van der Waals surface area contributed by atoms with Gasteiger partial charge in [0.05, 0.1) is 30.4 Å². The first-order valence-corrected chi connectivity index (χ1v) is 8.10. The summed E-state index contributed by atoms with van der Waals surface area (Å²) in [4.78, 5) is 30.7. The minimum Gasteiger partial charge on any atom is -0.497 e. The Balaban J connectivity index is 1.74. The molecular weight excluding hydrogens is 306 g/mol. The zero-order chi connectivity index (χ0) is 17.1. The smallest absolute Gasteiger partial charge is 0.253 e. The molecule has 1 saturated heterocycles. The molecule has 1 aromatic heterocycles. The molecule has 0 unspecified atom stereocenters. The molecule has 1 fully saturated rings. The normalized spacial score (nSPS) is 14.0. The highest BCUT2D eigenvalue weighted by Crippen LogP contribution is 2.21. The molecule has 0 aliphatic carbocycles. The molecule has 2 aromatic rings. The van der Waals surface area contributed by atoms with E-state index in [1.165, 1.54) is 0 Å². The van der Waals surface area contributed by atoms with Crippen molar-refractivity contribution in [1.82, 2.24) is 15.2 Å². The fourth-order valence-electron chi connectivity index (χ4n) is 2.93. The van der Waals surface area contributed by atoms with Crippen LogP contribution < -0.4 is 10.1 Å². The minimum atomic E-state index is -0.273. The van der Waals surface area contributed by atoms with Crippen LogP contribution in [0.5, 0.6) is 5.75 Å². The zero-order valence-electron chi connectivity index (χ0n) is 14.0. The summed E-state index contributed by atoms with van der Waals surface area (Å²) in [5.41, 5.74) is 1.89. The molecule has 0 radical (unpaired) electrons. The highest BCUT2D eigenvalue weighted by Gasteiger charge is 2.19. The molecule has 6 heteroatoms. The van der Waals surface area contributed by atoms with E-state index < -0.39 is 0 Å². The van der Waals surface area contributed by atoms with Crippen LogP contribution in [0.1, 0.15) is 28.9 Å². The van der Waals surface area contributed by atoms with Crippen LogP contribution in [0.15, 0.2) is 24.3 Å². The van der Waals surface area contributed by atoms with Crippen LogP contribution in [0.2, 0.25) is 0 Å². The lowest BCUT2D eigenvalue weighted by Crippen LogP contribution is -2.38. The largest absolute Gasteiger partial charge is 0.497 e. The maximum absolute atomic E-state index is 12.4. The van der Waals surface area contributed by atoms with Crippen molar-refractivity contribution in [2.75, 3.05) is 26.7 Å². The van der Waals surface area contributed by atoms with E-state index in [1.54, 1.807) is 25.0 Å². The Morgan fingerprint density at radius 1 is 1.25 bits per heavy atom. The third-order valence-electron chi connectivity index (χ3n) is 4.32. The van der Waals surface area contributed by atoms with E-state index in [4.69, 9.17) is 4.74 Å². The van der Waals surface area contributed by atoms with E-state index in [1.807, 2.05) is 18.2 Å². The predicted molar refractivity (Wildman–Crippen MR) is 91.2 cm³/mol. The molecule has 126 valence electrons. The molecule has 6 nitrogen and oxygen atoms in total. The second-order valence-corrected chi connectivity index (χ2v) is 5.95. The third-order valence-corrected chi connectivity index (χ3v) is 4.32. The van der Waals surface area contributed by atoms with Crippen molar-refractivity contribution in [3.05, 3.63) is 35.5 Å². The van der Waals surface area contributed by atoms with E-state index in [0.29, 0.717) is 11.3 Å². The first-order chi connectivity index (χ1) is 11.6. The van der Waals surface area contributed by atoms with Gasteiger partial charge in [-0.1, -0.05) is 0 Å². The monoisotopic (exact) mass is 327 g/mol. The van der Waals surface area contributed by atoms with Gasteiger partial charge in [0.15, 0.2) is 0 Å². The number of pyridine rings is 1. The average Bonchev–Trinajstić information content (AvgIpc) is 3.12. The first kappa shape index (κ1) is 16.2. The SMILES string of the molecule is COc1ccc2cc(C(=O)NCC(=O)N3CCCC3)c(C)nc2c1. The summed E-state index contributed by atoms with van der Waals surface area (Å²) in [7, 11) is 1.60. The number of benzene rings is 1. The van der Waals surface area contributed by atoms with Crippen LogP contribution in [0.25, 0.3) is 10.9 Å². The van der Waals surface area contributed by atoms with Crippen LogP contribution >= 0.6 is 0 Å². The topological polar surface area (TPSA) is 71.5 Å². The van der Waals surface area contributed by atoms with E-state index in [2.05, 4.69) is 10.3 Å². The van der Waals surface area contributed by atoms with Gasteiger partial charge in [0.1, 0.15) is 5.75 Å². The number of hydrogen-bond donors (Lipinski definition) is 1. The number of methoxy groups -OCH3 is 1. The lowest BCUT2D eigenvalue weighted by molar-refractivity contribution is -0.129. The molecule has 2 heterocycles. The van der Waals surface area contributed by atoms with Gasteiger partial charge in [-0.25, -0.2) is 0 Å². The summed E-state index contributed by atoms with van der Waals surface area (Å²) in [6, 6.07) is 7.33. The number of carbonyl (C=O) groups is 2. The number of ether oxygens (including phenoxy) is 1. The molecule has 1 aliphatic rings. The van der Waals surface area contributed by atoms with E-state index in [0.717, 1.165) is 42.6 Å². The van der Waals surface area contributed by atoms with Gasteiger partial charge in [-0.15, -0.1) is 0 Å². The molecule has 2 amide bonds. The predicted octanol–water partition coefficient (Wildman–Crippen LogP) is 1.90. The number of fused-ring (bicyclic) bond motifs is 1. The van der Waals surface area contributed by atoms with Crippen LogP contribution in [-0.4, -0.2) is 48.4 Å². The molecule has 3 rings (SSSR count). The number of aryl methyl sites for hydroxylation is 1. The molecular formula is C18H21N3O3. The van der Waals surface area contributed by atoms with Crippen molar-refractivity contribution in [2.45, 2.75) is 19.8 Å². The molecule has 1 N–H and O–H groups in total. The molecule has 1 aromatic carbocycles. The molecule has 0 spiro atoms. The number of hydrogen-bond acceptors (Lipinski definition) is 4. The van der Waals surface area contributed by atoms with Crippen molar-refractivity contribution >= 4 is 22.7 Å². The summed E-state index contributed by atoms with van der Waals surface area (Å²) in [5, 5.41) is 3.57. The standard InChI is InChI=1S/C18H21N3O3/c1-12-15(9-13-5-6-14(24-2)10-16(13)20-12)18(23)19-11-17(22)21-7-3-4-8-21/h5-6,9-10H,3-4,7-8,11H2,1-2H3,(H,19,23). The number of carbonyl (C=O) groups excluding carboxylic acids is 2. The summed E-state index contributed by atoms with van der Waals surface area (Å²) < 4.78 is 5.19. The highest BCUT2D eigenvalue weighted by atomic mass is 16.5. The lowest BCUT2D eigenvalue weighted by Gasteiger charge is -2.15. The van der Waals surface area contributed by atoms with E-state index in [9.17, 15) is 9.59 Å². The zero-order valence-corrected chi connectivity index (χ0v) is 14.0. The Morgan fingerprint density at radius 2 is 2.00 bits per heavy atom. The Kier molecular flexibility index (Phi) is 4.64. The van der Waals surface area contributed by atoms with Gasteiger partial charge in [0.25, 0.3) is 5.91 Å². The van der Waals surface area contributed by atoms with Gasteiger partial charge < -0.3 is 15.0 Å². The van der Waals surface area contributed by atoms with Crippen molar-refractivity contribution < 1.29 is 14.3 Å². The second-order valence-electron chi connectivity index (χ2n) is 5.95. The molecule has 1 aliphatic heterocycles. The fraction of sp³-hybridized carbons (Fsp3) is 0.389. The van der Waals surface area contributed by atoms with Crippen LogP contribution in [0.3, 0.4) is 0 Å². The number of nitrogens with zero attached hydrogens (tertiary/aromatic N) is 2. The Hall–Kier alpha value is -2.63. The fourth-order valence-corrected chi connectivity index (χ4v) is 2.93. The summed E-state index contributed by atoms with van der Waals surface area (Å²) in [6.07, 6.45) is 2.08. The second kappa shape index (κ2) is 6.86. The lowest BCUT2D eigenvalue weighted by atomic mass is 10.1. The first-order valence-electron chi connectivity index (χ1n) is 8.10. The number of aromatic nitrogens is 1. The quantitative estimate of drug-likeness (QED) is 0.931. The number of rotatable bonds is 4. The minimum absolute atomic E-state index is 0.0267.